The minimum Gasteiger partial charge on any atom is -0.309 e. The molecule has 2 aromatic heterocycles. The van der Waals surface area contributed by atoms with Crippen molar-refractivity contribution in [3.05, 3.63) is 253 Å². The molecule has 0 aliphatic heterocycles. The van der Waals surface area contributed by atoms with Gasteiger partial charge in [-0.05, 0) is 122 Å². The fourth-order valence-corrected chi connectivity index (χ4v) is 10.5. The van der Waals surface area contributed by atoms with E-state index in [-0.39, 0.29) is 5.92 Å². The van der Waals surface area contributed by atoms with Crippen molar-refractivity contribution in [2.45, 2.75) is 5.92 Å². The molecular formula is C61H40N2. The minimum absolute atomic E-state index is 0.188. The summed E-state index contributed by atoms with van der Waals surface area (Å²) in [7, 11) is 0. The van der Waals surface area contributed by atoms with Crippen molar-refractivity contribution >= 4 is 43.6 Å². The lowest BCUT2D eigenvalue weighted by Crippen LogP contribution is -1.99. The Balaban J connectivity index is 0.968. The molecule has 0 amide bonds. The van der Waals surface area contributed by atoms with Gasteiger partial charge >= 0.3 is 0 Å². The number of hydrogen-bond donors (Lipinski definition) is 0. The molecule has 2 heterocycles. The van der Waals surface area contributed by atoms with E-state index in [1.165, 1.54) is 105 Å². The third kappa shape index (κ3) is 5.65. The lowest BCUT2D eigenvalue weighted by Gasteiger charge is -2.15. The van der Waals surface area contributed by atoms with Gasteiger partial charge in [-0.1, -0.05) is 176 Å². The molecule has 0 spiro atoms. The van der Waals surface area contributed by atoms with Crippen molar-refractivity contribution in [2.24, 2.45) is 0 Å². The van der Waals surface area contributed by atoms with Crippen LogP contribution in [0.25, 0.3) is 99.5 Å². The Morgan fingerprint density at radius 2 is 0.730 bits per heavy atom. The Hall–Kier alpha value is -8.20. The molecule has 1 unspecified atom stereocenters. The molecule has 0 saturated carbocycles. The summed E-state index contributed by atoms with van der Waals surface area (Å²) in [6.45, 7) is 0. The zero-order valence-electron chi connectivity index (χ0n) is 34.5. The van der Waals surface area contributed by atoms with Gasteiger partial charge in [-0.3, -0.25) is 0 Å². The van der Waals surface area contributed by atoms with Crippen LogP contribution in [0.2, 0.25) is 0 Å². The fourth-order valence-electron chi connectivity index (χ4n) is 10.5. The van der Waals surface area contributed by atoms with Crippen LogP contribution < -0.4 is 0 Å². The van der Waals surface area contributed by atoms with E-state index in [4.69, 9.17) is 0 Å². The predicted octanol–water partition coefficient (Wildman–Crippen LogP) is 16.0. The largest absolute Gasteiger partial charge is 0.309 e. The Morgan fingerprint density at radius 3 is 1.44 bits per heavy atom. The molecule has 10 aromatic carbocycles. The van der Waals surface area contributed by atoms with Crippen LogP contribution in [0, 0.1) is 0 Å². The highest BCUT2D eigenvalue weighted by molar-refractivity contribution is 6.19. The molecule has 1 atom stereocenters. The van der Waals surface area contributed by atoms with E-state index >= 15 is 0 Å². The van der Waals surface area contributed by atoms with Gasteiger partial charge in [-0.2, -0.15) is 0 Å². The standard InChI is InChI=1S/C61H40N2/c1-4-14-40(15-5-1)42-24-26-44(27-25-42)61-51-22-11-10-20-49(51)53-36-45(30-34-52(53)61)46-31-35-58-54(37-46)56-38-55-50-21-12-13-23-57(50)63(48-32-28-43(29-33-48)41-16-6-2-7-17-41)59(55)39-60(56)62(58)47-18-8-3-9-19-47/h1-39,61H. The van der Waals surface area contributed by atoms with Crippen molar-refractivity contribution in [1.29, 1.82) is 0 Å². The van der Waals surface area contributed by atoms with Gasteiger partial charge in [-0.25, -0.2) is 0 Å². The summed E-state index contributed by atoms with van der Waals surface area (Å²) < 4.78 is 4.88. The van der Waals surface area contributed by atoms with Crippen LogP contribution in [0.3, 0.4) is 0 Å². The number of hydrogen-bond acceptors (Lipinski definition) is 0. The second-order valence-corrected chi connectivity index (χ2v) is 16.9. The second-order valence-electron chi connectivity index (χ2n) is 16.9. The number of nitrogens with zero attached hydrogens (tertiary/aromatic N) is 2. The number of benzene rings is 10. The van der Waals surface area contributed by atoms with E-state index < -0.39 is 0 Å². The Morgan fingerprint density at radius 1 is 0.254 bits per heavy atom. The Labute approximate surface area is 366 Å². The number of para-hydroxylation sites is 2. The first-order chi connectivity index (χ1) is 31.2. The summed E-state index contributed by atoms with van der Waals surface area (Å²) in [6.07, 6.45) is 0. The van der Waals surface area contributed by atoms with Crippen LogP contribution >= 0.6 is 0 Å². The minimum atomic E-state index is 0.188. The van der Waals surface area contributed by atoms with Gasteiger partial charge in [0.25, 0.3) is 0 Å². The highest BCUT2D eigenvalue weighted by atomic mass is 15.0. The zero-order chi connectivity index (χ0) is 41.4. The third-order valence-corrected chi connectivity index (χ3v) is 13.4. The van der Waals surface area contributed by atoms with Crippen LogP contribution in [-0.4, -0.2) is 9.13 Å². The normalized spacial score (nSPS) is 13.2. The van der Waals surface area contributed by atoms with Crippen molar-refractivity contribution < 1.29 is 0 Å². The predicted molar refractivity (Wildman–Crippen MR) is 264 cm³/mol. The van der Waals surface area contributed by atoms with E-state index in [1.807, 2.05) is 0 Å². The summed E-state index contributed by atoms with van der Waals surface area (Å²) in [5, 5.41) is 4.99. The molecule has 1 aliphatic rings. The molecule has 0 N–H and O–H groups in total. The van der Waals surface area contributed by atoms with Crippen molar-refractivity contribution in [3.63, 3.8) is 0 Å². The first-order valence-electron chi connectivity index (χ1n) is 21.9. The summed E-state index contributed by atoms with van der Waals surface area (Å²) in [4.78, 5) is 0. The summed E-state index contributed by atoms with van der Waals surface area (Å²) in [6, 6.07) is 87.2. The molecule has 0 radical (unpaired) electrons. The van der Waals surface area contributed by atoms with Crippen molar-refractivity contribution in [1.82, 2.24) is 9.13 Å². The average molecular weight is 801 g/mol. The molecule has 0 fully saturated rings. The molecule has 2 heteroatoms. The first-order valence-corrected chi connectivity index (χ1v) is 21.9. The summed E-state index contributed by atoms with van der Waals surface area (Å²) in [5.41, 5.74) is 21.1. The molecular weight excluding hydrogens is 761 g/mol. The highest BCUT2D eigenvalue weighted by Gasteiger charge is 2.30. The molecule has 294 valence electrons. The Kier molecular flexibility index (Phi) is 8.01. The van der Waals surface area contributed by atoms with E-state index in [0.29, 0.717) is 0 Å². The maximum atomic E-state index is 2.45. The van der Waals surface area contributed by atoms with Crippen LogP contribution in [0.1, 0.15) is 22.6 Å². The number of aromatic nitrogens is 2. The molecule has 63 heavy (non-hydrogen) atoms. The molecule has 0 bridgehead atoms. The third-order valence-electron chi connectivity index (χ3n) is 13.4. The van der Waals surface area contributed by atoms with Gasteiger partial charge in [0.1, 0.15) is 0 Å². The van der Waals surface area contributed by atoms with Crippen LogP contribution in [0.15, 0.2) is 237 Å². The average Bonchev–Trinajstić information content (AvgIpc) is 3.99. The smallest absolute Gasteiger partial charge is 0.0562 e. The van der Waals surface area contributed by atoms with Gasteiger partial charge in [0, 0.05) is 38.8 Å². The van der Waals surface area contributed by atoms with Gasteiger partial charge in [-0.15, -0.1) is 0 Å². The van der Waals surface area contributed by atoms with Crippen LogP contribution in [-0.2, 0) is 0 Å². The SMILES string of the molecule is c1ccc(-c2ccc(C3c4ccccc4-c4cc(-c5ccc6c(c5)c5cc7c8ccccc8n(-c8ccc(-c9ccccc9)cc8)c7cc5n6-c5ccccc5)ccc43)cc2)cc1. The molecule has 2 nitrogen and oxygen atoms in total. The van der Waals surface area contributed by atoms with Crippen LogP contribution in [0.5, 0.6) is 0 Å². The zero-order valence-corrected chi connectivity index (χ0v) is 34.5. The van der Waals surface area contributed by atoms with Crippen molar-refractivity contribution in [3.8, 4) is 55.9 Å². The molecule has 13 rings (SSSR count). The van der Waals surface area contributed by atoms with Gasteiger partial charge < -0.3 is 9.13 Å². The van der Waals surface area contributed by atoms with E-state index in [0.717, 1.165) is 11.4 Å². The Bertz CT molecular complexity index is 3690. The summed E-state index contributed by atoms with van der Waals surface area (Å²) >= 11 is 0. The maximum Gasteiger partial charge on any atom is 0.0562 e. The molecule has 1 aliphatic carbocycles. The number of rotatable bonds is 6. The van der Waals surface area contributed by atoms with Gasteiger partial charge in [0.15, 0.2) is 0 Å². The maximum absolute atomic E-state index is 2.45. The van der Waals surface area contributed by atoms with Gasteiger partial charge in [0.2, 0.25) is 0 Å². The topological polar surface area (TPSA) is 9.86 Å². The molecule has 12 aromatic rings. The van der Waals surface area contributed by atoms with E-state index in [9.17, 15) is 0 Å². The fraction of sp³-hybridized carbons (Fsp3) is 0.0164. The second kappa shape index (κ2) is 14.2. The lowest BCUT2D eigenvalue weighted by molar-refractivity contribution is 1.02. The van der Waals surface area contributed by atoms with E-state index in [2.05, 4.69) is 246 Å². The molecule has 0 saturated heterocycles. The van der Waals surface area contributed by atoms with Gasteiger partial charge in [0.05, 0.1) is 22.1 Å². The monoisotopic (exact) mass is 800 g/mol. The number of fused-ring (bicyclic) bond motifs is 9. The quantitative estimate of drug-likeness (QED) is 0.159. The highest BCUT2D eigenvalue weighted by Crippen LogP contribution is 2.50. The summed E-state index contributed by atoms with van der Waals surface area (Å²) in [5.74, 6) is 0.188. The van der Waals surface area contributed by atoms with Crippen LogP contribution in [0.4, 0.5) is 0 Å². The first kappa shape index (κ1) is 35.5. The van der Waals surface area contributed by atoms with E-state index in [1.54, 1.807) is 0 Å². The van der Waals surface area contributed by atoms with Crippen molar-refractivity contribution in [2.75, 3.05) is 0 Å². The lowest BCUT2D eigenvalue weighted by atomic mass is 9.88.